The van der Waals surface area contributed by atoms with Crippen molar-refractivity contribution in [2.24, 2.45) is 0 Å². The fourth-order valence-corrected chi connectivity index (χ4v) is 3.75. The quantitative estimate of drug-likeness (QED) is 0.0762. The number of aryl methyl sites for hydroxylation is 1. The highest BCUT2D eigenvalue weighted by atomic mass is 127. The highest BCUT2D eigenvalue weighted by Crippen LogP contribution is 2.35. The first-order valence-corrected chi connectivity index (χ1v) is 11.1. The fourth-order valence-electron chi connectivity index (χ4n) is 3.01. The molecule has 0 aliphatic heterocycles. The molecule has 35 heavy (non-hydrogen) atoms. The zero-order chi connectivity index (χ0) is 25.5. The topological polar surface area (TPSA) is 132 Å². The molecule has 0 aromatic heterocycles. The van der Waals surface area contributed by atoms with E-state index in [-0.39, 0.29) is 28.4 Å². The molecule has 0 aliphatic carbocycles. The number of carbonyl (C=O) groups is 2. The summed E-state index contributed by atoms with van der Waals surface area (Å²) in [6, 6.07) is 17.5. The van der Waals surface area contributed by atoms with E-state index in [4.69, 9.17) is 9.47 Å². The van der Waals surface area contributed by atoms with Gasteiger partial charge in [-0.25, -0.2) is 4.79 Å². The van der Waals surface area contributed by atoms with Gasteiger partial charge in [-0.2, -0.15) is 5.26 Å². The van der Waals surface area contributed by atoms with E-state index in [9.17, 15) is 25.0 Å². The van der Waals surface area contributed by atoms with Crippen LogP contribution in [-0.2, 0) is 4.79 Å². The van der Waals surface area contributed by atoms with Gasteiger partial charge >= 0.3 is 5.97 Å². The van der Waals surface area contributed by atoms with Crippen molar-refractivity contribution in [3.63, 3.8) is 0 Å². The minimum absolute atomic E-state index is 0.187. The predicted molar refractivity (Wildman–Crippen MR) is 137 cm³/mol. The van der Waals surface area contributed by atoms with Crippen LogP contribution >= 0.6 is 22.6 Å². The summed E-state index contributed by atoms with van der Waals surface area (Å²) < 4.78 is 11.4. The van der Waals surface area contributed by atoms with E-state index in [1.807, 2.05) is 28.7 Å². The van der Waals surface area contributed by atoms with Crippen LogP contribution in [0.5, 0.6) is 11.5 Å². The number of nitrogens with one attached hydrogen (secondary N) is 1. The Morgan fingerprint density at radius 1 is 1.14 bits per heavy atom. The smallest absolute Gasteiger partial charge is 0.343 e. The van der Waals surface area contributed by atoms with Crippen molar-refractivity contribution in [2.75, 3.05) is 12.4 Å². The zero-order valence-corrected chi connectivity index (χ0v) is 20.7. The normalized spacial score (nSPS) is 10.7. The monoisotopic (exact) mass is 583 g/mol. The molecule has 3 aromatic carbocycles. The lowest BCUT2D eigenvalue weighted by Gasteiger charge is -2.13. The highest BCUT2D eigenvalue weighted by molar-refractivity contribution is 14.1. The van der Waals surface area contributed by atoms with E-state index in [0.29, 0.717) is 20.3 Å². The number of nitriles is 1. The van der Waals surface area contributed by atoms with Gasteiger partial charge in [-0.15, -0.1) is 0 Å². The van der Waals surface area contributed by atoms with E-state index in [1.165, 1.54) is 37.5 Å². The summed E-state index contributed by atoms with van der Waals surface area (Å²) in [5.74, 6) is -0.854. The zero-order valence-electron chi connectivity index (χ0n) is 18.6. The standard InChI is InChI=1S/C25H18IN3O6/c1-15-8-9-19(29(32)33)13-21(15)28-24(30)18(14-27)10-16-11-20(26)23(22(12-16)34-2)35-25(31)17-6-4-3-5-7-17/h3-13H,1-2H3,(H,28,30)/b18-10+. The van der Waals surface area contributed by atoms with Crippen LogP contribution in [0, 0.1) is 31.9 Å². The SMILES string of the molecule is COc1cc(/C=C(\C#N)C(=O)Nc2cc([N+](=O)[O-])ccc2C)cc(I)c1OC(=O)c1ccccc1. The summed E-state index contributed by atoms with van der Waals surface area (Å²) >= 11 is 1.96. The molecule has 0 saturated heterocycles. The van der Waals surface area contributed by atoms with Gasteiger partial charge in [-0.05, 0) is 71.0 Å². The molecule has 10 heteroatoms. The fraction of sp³-hybridized carbons (Fsp3) is 0.0800. The predicted octanol–water partition coefficient (Wildman–Crippen LogP) is 5.28. The van der Waals surface area contributed by atoms with E-state index in [1.54, 1.807) is 43.3 Å². The Morgan fingerprint density at radius 2 is 1.86 bits per heavy atom. The van der Waals surface area contributed by atoms with E-state index >= 15 is 0 Å². The molecule has 0 aliphatic rings. The minimum atomic E-state index is -0.732. The Balaban J connectivity index is 1.88. The average molecular weight is 583 g/mol. The van der Waals surface area contributed by atoms with Crippen molar-refractivity contribution in [3.8, 4) is 17.6 Å². The minimum Gasteiger partial charge on any atom is -0.493 e. The molecule has 0 atom stereocenters. The number of esters is 1. The van der Waals surface area contributed by atoms with Crippen molar-refractivity contribution in [3.05, 3.63) is 96.6 Å². The summed E-state index contributed by atoms with van der Waals surface area (Å²) in [6.07, 6.45) is 1.34. The molecular weight excluding hydrogens is 565 g/mol. The number of ether oxygens (including phenoxy) is 2. The number of non-ortho nitro benzene ring substituents is 1. The second-order valence-electron chi connectivity index (χ2n) is 7.17. The van der Waals surface area contributed by atoms with Crippen LogP contribution in [0.2, 0.25) is 0 Å². The van der Waals surface area contributed by atoms with E-state index in [0.717, 1.165) is 0 Å². The molecule has 0 spiro atoms. The number of amides is 1. The van der Waals surface area contributed by atoms with Gasteiger partial charge in [0, 0.05) is 12.1 Å². The first-order valence-electron chi connectivity index (χ1n) is 10.1. The van der Waals surface area contributed by atoms with Crippen molar-refractivity contribution in [1.29, 1.82) is 5.26 Å². The van der Waals surface area contributed by atoms with Crippen molar-refractivity contribution >= 4 is 51.9 Å². The number of anilines is 1. The van der Waals surface area contributed by atoms with Crippen molar-refractivity contribution in [1.82, 2.24) is 0 Å². The third-order valence-electron chi connectivity index (χ3n) is 4.81. The second-order valence-corrected chi connectivity index (χ2v) is 8.33. The summed E-state index contributed by atoms with van der Waals surface area (Å²) in [5.41, 5.74) is 1.22. The Labute approximate surface area is 214 Å². The first-order chi connectivity index (χ1) is 16.7. The molecular formula is C25H18IN3O6. The Hall–Kier alpha value is -4.24. The molecule has 3 aromatic rings. The largest absolute Gasteiger partial charge is 0.493 e. The maximum Gasteiger partial charge on any atom is 0.343 e. The third kappa shape index (κ3) is 6.21. The van der Waals surface area contributed by atoms with Crippen LogP contribution in [0.4, 0.5) is 11.4 Å². The molecule has 0 heterocycles. The lowest BCUT2D eigenvalue weighted by molar-refractivity contribution is -0.384. The van der Waals surface area contributed by atoms with Gasteiger partial charge in [-0.3, -0.25) is 14.9 Å². The number of hydrogen-bond donors (Lipinski definition) is 1. The number of nitro benzene ring substituents is 1. The van der Waals surface area contributed by atoms with Crippen LogP contribution < -0.4 is 14.8 Å². The molecule has 0 unspecified atom stereocenters. The summed E-state index contributed by atoms with van der Waals surface area (Å²) in [7, 11) is 1.40. The lowest BCUT2D eigenvalue weighted by atomic mass is 10.1. The van der Waals surface area contributed by atoms with E-state index in [2.05, 4.69) is 5.32 Å². The van der Waals surface area contributed by atoms with Crippen LogP contribution in [0.3, 0.4) is 0 Å². The number of halogens is 1. The molecule has 0 fully saturated rings. The second kappa shape index (κ2) is 11.3. The van der Waals surface area contributed by atoms with Gasteiger partial charge in [0.1, 0.15) is 11.6 Å². The average Bonchev–Trinajstić information content (AvgIpc) is 2.85. The van der Waals surface area contributed by atoms with Gasteiger partial charge in [0.05, 0.1) is 26.9 Å². The Bertz CT molecular complexity index is 1380. The summed E-state index contributed by atoms with van der Waals surface area (Å²) in [4.78, 5) is 35.6. The molecule has 176 valence electrons. The number of hydrogen-bond acceptors (Lipinski definition) is 7. The maximum absolute atomic E-state index is 12.7. The number of rotatable bonds is 7. The summed E-state index contributed by atoms with van der Waals surface area (Å²) in [6.45, 7) is 1.68. The summed E-state index contributed by atoms with van der Waals surface area (Å²) in [5, 5.41) is 23.1. The van der Waals surface area contributed by atoms with Gasteiger partial charge in [0.15, 0.2) is 11.5 Å². The van der Waals surface area contributed by atoms with Gasteiger partial charge in [0.25, 0.3) is 11.6 Å². The van der Waals surface area contributed by atoms with Crippen molar-refractivity contribution in [2.45, 2.75) is 6.92 Å². The van der Waals surface area contributed by atoms with E-state index < -0.39 is 16.8 Å². The highest BCUT2D eigenvalue weighted by Gasteiger charge is 2.18. The van der Waals surface area contributed by atoms with Crippen molar-refractivity contribution < 1.29 is 24.0 Å². The number of nitrogens with zero attached hydrogens (tertiary/aromatic N) is 2. The lowest BCUT2D eigenvalue weighted by Crippen LogP contribution is -2.14. The first kappa shape index (κ1) is 25.4. The molecule has 1 N–H and O–H groups in total. The van der Waals surface area contributed by atoms with Gasteiger partial charge in [-0.1, -0.05) is 24.3 Å². The Morgan fingerprint density at radius 3 is 2.49 bits per heavy atom. The molecule has 0 radical (unpaired) electrons. The molecule has 1 amide bonds. The van der Waals surface area contributed by atoms with Crippen LogP contribution in [0.25, 0.3) is 6.08 Å². The molecule has 9 nitrogen and oxygen atoms in total. The van der Waals surface area contributed by atoms with Crippen LogP contribution in [0.1, 0.15) is 21.5 Å². The van der Waals surface area contributed by atoms with Crippen LogP contribution in [-0.4, -0.2) is 23.9 Å². The molecule has 0 saturated carbocycles. The molecule has 3 rings (SSSR count). The number of carbonyl (C=O) groups excluding carboxylic acids is 2. The Kier molecular flexibility index (Phi) is 8.17. The number of benzene rings is 3. The number of nitro groups is 1. The van der Waals surface area contributed by atoms with Gasteiger partial charge in [0.2, 0.25) is 0 Å². The third-order valence-corrected chi connectivity index (χ3v) is 5.61. The molecule has 0 bridgehead atoms. The number of methoxy groups -OCH3 is 1. The van der Waals surface area contributed by atoms with Crippen LogP contribution in [0.15, 0.2) is 66.2 Å². The van der Waals surface area contributed by atoms with Gasteiger partial charge < -0.3 is 14.8 Å². The maximum atomic E-state index is 12.7.